The van der Waals surface area contributed by atoms with Crippen LogP contribution in [0.5, 0.6) is 0 Å². The molecule has 2 N–H and O–H groups in total. The van der Waals surface area contributed by atoms with E-state index in [9.17, 15) is 9.59 Å². The Hall–Kier alpha value is -3.22. The number of amides is 2. The zero-order valence-electron chi connectivity index (χ0n) is 18.3. The van der Waals surface area contributed by atoms with Gasteiger partial charge in [-0.05, 0) is 63.4 Å². The number of aromatic nitrogens is 3. The van der Waals surface area contributed by atoms with Gasteiger partial charge in [0.2, 0.25) is 0 Å². The smallest absolute Gasteiger partial charge is 0.257 e. The van der Waals surface area contributed by atoms with Crippen LogP contribution < -0.4 is 10.6 Å². The Kier molecular flexibility index (Phi) is 6.02. The van der Waals surface area contributed by atoms with Crippen LogP contribution in [0.25, 0.3) is 11.0 Å². The van der Waals surface area contributed by atoms with E-state index in [1.165, 1.54) is 19.3 Å². The summed E-state index contributed by atoms with van der Waals surface area (Å²) in [5, 5.41) is 11.2. The van der Waals surface area contributed by atoms with Gasteiger partial charge in [-0.2, -0.15) is 5.10 Å². The van der Waals surface area contributed by atoms with Gasteiger partial charge in [-0.1, -0.05) is 19.3 Å². The molecule has 1 aliphatic carbocycles. The predicted molar refractivity (Wildman–Crippen MR) is 121 cm³/mol. The molecule has 0 aliphatic heterocycles. The number of benzene rings is 1. The Labute approximate surface area is 182 Å². The molecular weight excluding hydrogens is 390 g/mol. The lowest BCUT2D eigenvalue weighted by Gasteiger charge is -2.23. The number of pyridine rings is 1. The van der Waals surface area contributed by atoms with Crippen LogP contribution in [0.2, 0.25) is 0 Å². The van der Waals surface area contributed by atoms with E-state index in [1.54, 1.807) is 30.6 Å². The number of fused-ring (bicyclic) bond motifs is 1. The number of nitrogens with one attached hydrogen (secondary N) is 2. The number of carbonyl (C=O) groups excluding carboxylic acids is 2. The SMILES string of the molecule is Cc1cc(C(=O)NC2CCCCC2)ccc1NC(=O)c1cnc2c(cnn2C(C)C)c1. The fraction of sp³-hybridized carbons (Fsp3) is 0.417. The Morgan fingerprint density at radius 3 is 2.52 bits per heavy atom. The van der Waals surface area contributed by atoms with Crippen LogP contribution in [-0.2, 0) is 0 Å². The van der Waals surface area contributed by atoms with Crippen LogP contribution in [-0.4, -0.2) is 32.6 Å². The van der Waals surface area contributed by atoms with E-state index in [-0.39, 0.29) is 23.9 Å². The average molecular weight is 420 g/mol. The Balaban J connectivity index is 1.45. The van der Waals surface area contributed by atoms with Gasteiger partial charge in [0.1, 0.15) is 0 Å². The molecule has 7 nitrogen and oxygen atoms in total. The maximum atomic E-state index is 12.8. The molecule has 162 valence electrons. The van der Waals surface area contributed by atoms with Crippen molar-refractivity contribution in [3.05, 3.63) is 53.3 Å². The predicted octanol–water partition coefficient (Wildman–Crippen LogP) is 4.64. The summed E-state index contributed by atoms with van der Waals surface area (Å²) in [6, 6.07) is 7.62. The third kappa shape index (κ3) is 4.60. The van der Waals surface area contributed by atoms with Crippen molar-refractivity contribution in [3.63, 3.8) is 0 Å². The van der Waals surface area contributed by atoms with Crippen molar-refractivity contribution in [1.82, 2.24) is 20.1 Å². The highest BCUT2D eigenvalue weighted by atomic mass is 16.2. The van der Waals surface area contributed by atoms with Crippen molar-refractivity contribution in [2.45, 2.75) is 65.0 Å². The van der Waals surface area contributed by atoms with Gasteiger partial charge in [-0.3, -0.25) is 9.59 Å². The molecular formula is C24H29N5O2. The number of rotatable bonds is 5. The van der Waals surface area contributed by atoms with Crippen LogP contribution in [0.4, 0.5) is 5.69 Å². The van der Waals surface area contributed by atoms with Crippen LogP contribution in [0.1, 0.15) is 78.3 Å². The number of aryl methyl sites for hydroxylation is 1. The van der Waals surface area contributed by atoms with Crippen molar-refractivity contribution < 1.29 is 9.59 Å². The first kappa shape index (κ1) is 21.0. The molecule has 1 fully saturated rings. The number of hydrogen-bond acceptors (Lipinski definition) is 4. The minimum atomic E-state index is -0.241. The van der Waals surface area contributed by atoms with E-state index in [1.807, 2.05) is 31.5 Å². The second kappa shape index (κ2) is 8.88. The third-order valence-corrected chi connectivity index (χ3v) is 5.86. The fourth-order valence-electron chi connectivity index (χ4n) is 4.10. The van der Waals surface area contributed by atoms with Gasteiger partial charge >= 0.3 is 0 Å². The van der Waals surface area contributed by atoms with E-state index in [4.69, 9.17) is 0 Å². The number of hydrogen-bond donors (Lipinski definition) is 2. The van der Waals surface area contributed by atoms with Gasteiger partial charge in [0.05, 0.1) is 11.8 Å². The largest absolute Gasteiger partial charge is 0.349 e. The lowest BCUT2D eigenvalue weighted by atomic mass is 9.95. The normalized spacial score (nSPS) is 14.7. The average Bonchev–Trinajstić information content (AvgIpc) is 3.19. The first-order chi connectivity index (χ1) is 14.9. The summed E-state index contributed by atoms with van der Waals surface area (Å²) in [4.78, 5) is 29.8. The molecule has 0 bridgehead atoms. The van der Waals surface area contributed by atoms with Crippen molar-refractivity contribution in [3.8, 4) is 0 Å². The molecule has 31 heavy (non-hydrogen) atoms. The molecule has 1 saturated carbocycles. The highest BCUT2D eigenvalue weighted by Gasteiger charge is 2.18. The Morgan fingerprint density at radius 2 is 1.81 bits per heavy atom. The molecule has 2 amide bonds. The van der Waals surface area contributed by atoms with E-state index in [2.05, 4.69) is 20.7 Å². The fourth-order valence-corrected chi connectivity index (χ4v) is 4.10. The molecule has 0 spiro atoms. The third-order valence-electron chi connectivity index (χ3n) is 5.86. The molecule has 4 rings (SSSR count). The standard InChI is InChI=1S/C24H29N5O2/c1-15(2)29-22-18(14-26-29)12-19(13-25-22)24(31)28-21-10-9-17(11-16(21)3)23(30)27-20-7-5-4-6-8-20/h9-15,20H,4-8H2,1-3H3,(H,27,30)(H,28,31). The summed E-state index contributed by atoms with van der Waals surface area (Å²) < 4.78 is 1.83. The first-order valence-electron chi connectivity index (χ1n) is 11.0. The van der Waals surface area contributed by atoms with Crippen molar-refractivity contribution in [2.24, 2.45) is 0 Å². The Morgan fingerprint density at radius 1 is 1.03 bits per heavy atom. The quantitative estimate of drug-likeness (QED) is 0.631. The summed E-state index contributed by atoms with van der Waals surface area (Å²) in [5.74, 6) is -0.293. The lowest BCUT2D eigenvalue weighted by molar-refractivity contribution is 0.0927. The van der Waals surface area contributed by atoms with E-state index in [0.717, 1.165) is 29.4 Å². The van der Waals surface area contributed by atoms with Crippen LogP contribution in [0, 0.1) is 6.92 Å². The lowest BCUT2D eigenvalue weighted by Crippen LogP contribution is -2.36. The topological polar surface area (TPSA) is 88.9 Å². The molecule has 3 aromatic rings. The second-order valence-electron chi connectivity index (χ2n) is 8.61. The van der Waals surface area contributed by atoms with Crippen molar-refractivity contribution >= 4 is 28.5 Å². The maximum Gasteiger partial charge on any atom is 0.257 e. The summed E-state index contributed by atoms with van der Waals surface area (Å²) in [7, 11) is 0. The highest BCUT2D eigenvalue weighted by Crippen LogP contribution is 2.21. The summed E-state index contributed by atoms with van der Waals surface area (Å²) in [5.41, 5.74) is 3.36. The molecule has 7 heteroatoms. The van der Waals surface area contributed by atoms with Crippen molar-refractivity contribution in [2.75, 3.05) is 5.32 Å². The molecule has 1 aromatic carbocycles. The molecule has 0 atom stereocenters. The zero-order chi connectivity index (χ0) is 22.0. The van der Waals surface area contributed by atoms with Gasteiger partial charge in [0.15, 0.2) is 5.65 Å². The van der Waals surface area contributed by atoms with Crippen LogP contribution in [0.3, 0.4) is 0 Å². The van der Waals surface area contributed by atoms with Crippen molar-refractivity contribution in [1.29, 1.82) is 0 Å². The summed E-state index contributed by atoms with van der Waals surface area (Å²) in [6.07, 6.45) is 8.99. The number of carbonyl (C=O) groups is 2. The van der Waals surface area contributed by atoms with Gasteiger partial charge in [-0.15, -0.1) is 0 Å². The molecule has 2 heterocycles. The summed E-state index contributed by atoms with van der Waals surface area (Å²) >= 11 is 0. The molecule has 2 aromatic heterocycles. The van der Waals surface area contributed by atoms with Gasteiger partial charge in [0.25, 0.3) is 11.8 Å². The van der Waals surface area contributed by atoms with E-state index >= 15 is 0 Å². The number of anilines is 1. The number of nitrogens with zero attached hydrogens (tertiary/aromatic N) is 3. The zero-order valence-corrected chi connectivity index (χ0v) is 18.3. The highest BCUT2D eigenvalue weighted by molar-refractivity contribution is 6.06. The van der Waals surface area contributed by atoms with Gasteiger partial charge in [0, 0.05) is 34.9 Å². The second-order valence-corrected chi connectivity index (χ2v) is 8.61. The van der Waals surface area contributed by atoms with Gasteiger partial charge in [-0.25, -0.2) is 9.67 Å². The monoisotopic (exact) mass is 419 g/mol. The maximum absolute atomic E-state index is 12.8. The Bertz CT molecular complexity index is 1110. The van der Waals surface area contributed by atoms with E-state index in [0.29, 0.717) is 16.8 Å². The molecule has 0 saturated heterocycles. The molecule has 1 aliphatic rings. The minimum absolute atomic E-state index is 0.0512. The first-order valence-corrected chi connectivity index (χ1v) is 11.0. The van der Waals surface area contributed by atoms with E-state index < -0.39 is 0 Å². The molecule has 0 unspecified atom stereocenters. The van der Waals surface area contributed by atoms with Crippen LogP contribution in [0.15, 0.2) is 36.7 Å². The van der Waals surface area contributed by atoms with Crippen LogP contribution >= 0.6 is 0 Å². The summed E-state index contributed by atoms with van der Waals surface area (Å²) in [6.45, 7) is 5.97. The minimum Gasteiger partial charge on any atom is -0.349 e. The van der Waals surface area contributed by atoms with Gasteiger partial charge < -0.3 is 10.6 Å². The molecule has 0 radical (unpaired) electrons.